The van der Waals surface area contributed by atoms with Crippen LogP contribution in [0.4, 0.5) is 15.3 Å². The van der Waals surface area contributed by atoms with Crippen LogP contribution < -0.4 is 14.8 Å². The van der Waals surface area contributed by atoms with Crippen LogP contribution in [-0.4, -0.2) is 85.9 Å². The van der Waals surface area contributed by atoms with E-state index in [9.17, 15) is 23.5 Å². The van der Waals surface area contributed by atoms with Crippen molar-refractivity contribution < 1.29 is 51.1 Å². The molecule has 316 valence electrons. The fourth-order valence-corrected chi connectivity index (χ4v) is 12.0. The van der Waals surface area contributed by atoms with Gasteiger partial charge < -0.3 is 42.7 Å². The summed E-state index contributed by atoms with van der Waals surface area (Å²) >= 11 is 0. The van der Waals surface area contributed by atoms with Crippen molar-refractivity contribution in [3.8, 4) is 11.5 Å². The van der Waals surface area contributed by atoms with Crippen LogP contribution in [0.5, 0.6) is 11.5 Å². The number of hydrogen-bond acceptors (Lipinski definition) is 11. The van der Waals surface area contributed by atoms with Crippen LogP contribution in [-0.2, 0) is 32.0 Å². The zero-order valence-corrected chi connectivity index (χ0v) is 37.5. The average Bonchev–Trinajstić information content (AvgIpc) is 3.06. The summed E-state index contributed by atoms with van der Waals surface area (Å²) in [6.07, 6.45) is -2.40. The number of hydrogen-bond donors (Lipinski definition) is 1. The highest BCUT2D eigenvalue weighted by atomic mass is 31.2. The minimum absolute atomic E-state index is 0.0201. The molecule has 0 aliphatic heterocycles. The van der Waals surface area contributed by atoms with Gasteiger partial charge in [0.1, 0.15) is 5.75 Å². The minimum Gasteiger partial charge on any atom is -0.410 e. The molecule has 16 heteroatoms. The molecule has 3 amide bonds. The molecule has 0 fully saturated rings. The van der Waals surface area contributed by atoms with Gasteiger partial charge in [-0.3, -0.25) is 13.9 Å². The zero-order chi connectivity index (χ0) is 42.5. The topological polar surface area (TPSA) is 159 Å². The summed E-state index contributed by atoms with van der Waals surface area (Å²) in [4.78, 5) is 41.3. The van der Waals surface area contributed by atoms with Crippen molar-refractivity contribution in [1.29, 1.82) is 0 Å². The van der Waals surface area contributed by atoms with E-state index in [0.29, 0.717) is 5.75 Å². The van der Waals surface area contributed by atoms with Crippen LogP contribution in [0.25, 0.3) is 0 Å². The SMILES string of the molecule is CCC(c1ccc(OC(=O)N(C)C)cc1)C(CC)c1ccc(OC(=O)N(C)C)c(NC(=O)CCC(P(=O)(OC(C)C)OC(C)C)P(=O)(OC(C)C)OC(C)C)c1. The van der Waals surface area contributed by atoms with Gasteiger partial charge in [0.15, 0.2) is 11.1 Å². The Bertz CT molecular complexity index is 1610. The number of anilines is 1. The van der Waals surface area contributed by atoms with Gasteiger partial charge in [0.25, 0.3) is 0 Å². The third-order valence-electron chi connectivity index (χ3n) is 8.30. The average molecular weight is 826 g/mol. The van der Waals surface area contributed by atoms with E-state index in [-0.39, 0.29) is 36.1 Å². The molecule has 2 aromatic carbocycles. The van der Waals surface area contributed by atoms with E-state index in [4.69, 9.17) is 27.6 Å². The molecule has 2 unspecified atom stereocenters. The molecular formula is C40H65N3O11P2. The Morgan fingerprint density at radius 3 is 1.45 bits per heavy atom. The van der Waals surface area contributed by atoms with E-state index >= 15 is 0 Å². The molecule has 56 heavy (non-hydrogen) atoms. The van der Waals surface area contributed by atoms with Gasteiger partial charge in [0.2, 0.25) is 5.91 Å². The molecule has 2 aromatic rings. The van der Waals surface area contributed by atoms with E-state index in [1.54, 1.807) is 108 Å². The minimum atomic E-state index is -4.23. The summed E-state index contributed by atoms with van der Waals surface area (Å²) in [6, 6.07) is 12.7. The van der Waals surface area contributed by atoms with Crippen LogP contribution in [0.3, 0.4) is 0 Å². The maximum Gasteiger partial charge on any atom is 0.414 e. The second-order valence-electron chi connectivity index (χ2n) is 15.1. The third kappa shape index (κ3) is 14.6. The van der Waals surface area contributed by atoms with Gasteiger partial charge in [-0.05, 0) is 122 Å². The molecule has 2 atom stereocenters. The van der Waals surface area contributed by atoms with Crippen LogP contribution in [0.15, 0.2) is 42.5 Å². The Morgan fingerprint density at radius 2 is 1.04 bits per heavy atom. The molecule has 14 nitrogen and oxygen atoms in total. The van der Waals surface area contributed by atoms with Crippen molar-refractivity contribution in [3.05, 3.63) is 53.6 Å². The predicted octanol–water partition coefficient (Wildman–Crippen LogP) is 10.6. The van der Waals surface area contributed by atoms with E-state index < -0.39 is 63.1 Å². The normalized spacial score (nSPS) is 13.3. The third-order valence-corrected chi connectivity index (χ3v) is 14.8. The fraction of sp³-hybridized carbons (Fsp3) is 0.625. The maximum atomic E-state index is 14.6. The van der Waals surface area contributed by atoms with Gasteiger partial charge in [-0.25, -0.2) is 9.59 Å². The first kappa shape index (κ1) is 48.9. The molecule has 2 rings (SSSR count). The number of nitrogens with one attached hydrogen (secondary N) is 1. The molecule has 1 N–H and O–H groups in total. The Hall–Kier alpha value is -3.25. The number of ether oxygens (including phenoxy) is 2. The van der Waals surface area contributed by atoms with E-state index in [2.05, 4.69) is 19.2 Å². The van der Waals surface area contributed by atoms with Crippen molar-refractivity contribution in [1.82, 2.24) is 9.80 Å². The van der Waals surface area contributed by atoms with E-state index in [0.717, 1.165) is 24.0 Å². The Morgan fingerprint density at radius 1 is 0.625 bits per heavy atom. The second-order valence-corrected chi connectivity index (χ2v) is 19.8. The Kier molecular flexibility index (Phi) is 19.3. The summed E-state index contributed by atoms with van der Waals surface area (Å²) in [5.41, 5.74) is 2.18. The first-order valence-corrected chi connectivity index (χ1v) is 22.5. The number of carbonyl (C=O) groups is 3. The molecule has 0 aliphatic carbocycles. The lowest BCUT2D eigenvalue weighted by atomic mass is 9.78. The summed E-state index contributed by atoms with van der Waals surface area (Å²) < 4.78 is 63.9. The first-order valence-electron chi connectivity index (χ1n) is 19.3. The van der Waals surface area contributed by atoms with Gasteiger partial charge in [0, 0.05) is 34.6 Å². The highest BCUT2D eigenvalue weighted by Gasteiger charge is 2.52. The lowest BCUT2D eigenvalue weighted by Gasteiger charge is -2.35. The molecule has 0 bridgehead atoms. The highest BCUT2D eigenvalue weighted by molar-refractivity contribution is 7.72. The molecule has 0 aromatic heterocycles. The van der Waals surface area contributed by atoms with Crippen LogP contribution in [0, 0.1) is 0 Å². The van der Waals surface area contributed by atoms with Gasteiger partial charge in [0.05, 0.1) is 30.1 Å². The molecule has 0 radical (unpaired) electrons. The number of benzene rings is 2. The van der Waals surface area contributed by atoms with Crippen molar-refractivity contribution in [2.24, 2.45) is 0 Å². The lowest BCUT2D eigenvalue weighted by Crippen LogP contribution is -2.26. The summed E-state index contributed by atoms with van der Waals surface area (Å²) in [5, 5.41) is 1.47. The highest BCUT2D eigenvalue weighted by Crippen LogP contribution is 2.73. The monoisotopic (exact) mass is 825 g/mol. The molecular weight excluding hydrogens is 760 g/mol. The molecule has 0 aliphatic rings. The van der Waals surface area contributed by atoms with Gasteiger partial charge in [-0.2, -0.15) is 0 Å². The summed E-state index contributed by atoms with van der Waals surface area (Å²) in [6.45, 7) is 17.7. The number of amides is 3. The van der Waals surface area contributed by atoms with Crippen molar-refractivity contribution >= 4 is 39.0 Å². The number of nitrogens with zero attached hydrogens (tertiary/aromatic N) is 2. The van der Waals surface area contributed by atoms with Gasteiger partial charge in [-0.15, -0.1) is 0 Å². The van der Waals surface area contributed by atoms with Crippen molar-refractivity contribution in [2.75, 3.05) is 33.5 Å². The predicted molar refractivity (Wildman–Crippen MR) is 220 cm³/mol. The van der Waals surface area contributed by atoms with Crippen LogP contribution in [0.1, 0.15) is 118 Å². The molecule has 0 heterocycles. The van der Waals surface area contributed by atoms with E-state index in [1.807, 2.05) is 18.2 Å². The molecule has 0 saturated carbocycles. The lowest BCUT2D eigenvalue weighted by molar-refractivity contribution is -0.116. The zero-order valence-electron chi connectivity index (χ0n) is 35.7. The smallest absolute Gasteiger partial charge is 0.410 e. The molecule has 0 spiro atoms. The number of carbonyl (C=O) groups excluding carboxylic acids is 3. The standard InChI is InChI=1S/C40H65N3O11P2/c1-15-33(30-17-20-32(21-18-30)49-39(45)42(11)12)34(16-2)31-19-22-36(50-40(46)43(13)14)35(25-31)41-37(44)23-24-38(55(47,51-26(3)4)52-27(5)6)56(48,53-28(7)8)54-29(9)10/h17-22,25-29,33-34,38H,15-16,23-24H2,1-14H3,(H,41,44). The fourth-order valence-electron chi connectivity index (χ4n) is 6.10. The van der Waals surface area contributed by atoms with Crippen molar-refractivity contribution in [2.45, 2.75) is 137 Å². The van der Waals surface area contributed by atoms with E-state index in [1.165, 1.54) is 9.80 Å². The maximum absolute atomic E-state index is 14.6. The van der Waals surface area contributed by atoms with Crippen LogP contribution in [0.2, 0.25) is 0 Å². The van der Waals surface area contributed by atoms with Gasteiger partial charge >= 0.3 is 27.4 Å². The second kappa shape index (κ2) is 22.0. The Labute approximate surface area is 334 Å². The summed E-state index contributed by atoms with van der Waals surface area (Å²) in [5.74, 6) is 0.0543. The first-order chi connectivity index (χ1) is 26.0. The number of rotatable bonds is 21. The Balaban J connectivity index is 2.58. The van der Waals surface area contributed by atoms with Gasteiger partial charge in [-0.1, -0.05) is 32.0 Å². The largest absolute Gasteiger partial charge is 0.414 e. The van der Waals surface area contributed by atoms with Crippen LogP contribution >= 0.6 is 15.2 Å². The van der Waals surface area contributed by atoms with Crippen molar-refractivity contribution in [3.63, 3.8) is 0 Å². The quantitative estimate of drug-likeness (QED) is 0.119. The molecule has 0 saturated heterocycles. The summed E-state index contributed by atoms with van der Waals surface area (Å²) in [7, 11) is -2.14.